The molecule has 1 aliphatic rings. The average Bonchev–Trinajstić information content (AvgIpc) is 2.48. The van der Waals surface area contributed by atoms with Gasteiger partial charge in [-0.25, -0.2) is 0 Å². The van der Waals surface area contributed by atoms with Crippen molar-refractivity contribution in [1.82, 2.24) is 5.32 Å². The van der Waals surface area contributed by atoms with E-state index in [4.69, 9.17) is 4.74 Å². The molecule has 1 atom stereocenters. The number of likely N-dealkylation sites (N-methyl/N-ethyl adjacent to an activating group) is 1. The van der Waals surface area contributed by atoms with Crippen LogP contribution >= 0.6 is 0 Å². The molecule has 1 fully saturated rings. The number of rotatable bonds is 6. The molecular formula is C19H31NO. The molecule has 21 heavy (non-hydrogen) atoms. The Morgan fingerprint density at radius 2 is 1.90 bits per heavy atom. The molecule has 1 N–H and O–H groups in total. The van der Waals surface area contributed by atoms with Gasteiger partial charge in [0.05, 0.1) is 18.8 Å². The predicted molar refractivity (Wildman–Crippen MR) is 89.7 cm³/mol. The Hall–Kier alpha value is -0.860. The second-order valence-corrected chi connectivity index (χ2v) is 6.69. The summed E-state index contributed by atoms with van der Waals surface area (Å²) in [6, 6.07) is 7.02. The molecule has 2 heteroatoms. The van der Waals surface area contributed by atoms with Crippen molar-refractivity contribution in [1.29, 1.82) is 0 Å². The maximum atomic E-state index is 6.23. The van der Waals surface area contributed by atoms with Gasteiger partial charge >= 0.3 is 0 Å². The summed E-state index contributed by atoms with van der Waals surface area (Å²) in [6.45, 7) is 10.6. The minimum atomic E-state index is 0.314. The highest BCUT2D eigenvalue weighted by Gasteiger charge is 2.21. The molecule has 0 amide bonds. The van der Waals surface area contributed by atoms with E-state index in [0.29, 0.717) is 12.1 Å². The standard InChI is InChI=1S/C19H31NO/c1-5-20-19(18-12-15(3)6-9-16(18)4)13-21-17-10-7-14(2)8-11-17/h6,9,12,14,17,19-20H,5,7-8,10-11,13H2,1-4H3. The largest absolute Gasteiger partial charge is 0.376 e. The first-order chi connectivity index (χ1) is 10.1. The predicted octanol–water partition coefficient (Wildman–Crippen LogP) is 4.55. The van der Waals surface area contributed by atoms with Crippen LogP contribution in [0.1, 0.15) is 62.3 Å². The molecule has 1 aliphatic carbocycles. The summed E-state index contributed by atoms with van der Waals surface area (Å²) in [5.41, 5.74) is 4.07. The van der Waals surface area contributed by atoms with Gasteiger partial charge in [0.1, 0.15) is 0 Å². The fraction of sp³-hybridized carbons (Fsp3) is 0.684. The van der Waals surface area contributed by atoms with E-state index in [-0.39, 0.29) is 0 Å². The topological polar surface area (TPSA) is 21.3 Å². The lowest BCUT2D eigenvalue weighted by molar-refractivity contribution is 0.00800. The lowest BCUT2D eigenvalue weighted by Crippen LogP contribution is -2.30. The summed E-state index contributed by atoms with van der Waals surface area (Å²) in [7, 11) is 0. The van der Waals surface area contributed by atoms with E-state index in [2.05, 4.69) is 51.2 Å². The molecule has 118 valence electrons. The Morgan fingerprint density at radius 3 is 2.57 bits per heavy atom. The number of aryl methyl sites for hydroxylation is 2. The van der Waals surface area contributed by atoms with E-state index in [1.54, 1.807) is 0 Å². The van der Waals surface area contributed by atoms with Crippen LogP contribution in [0.3, 0.4) is 0 Å². The fourth-order valence-electron chi connectivity index (χ4n) is 3.27. The zero-order valence-electron chi connectivity index (χ0n) is 14.1. The third-order valence-electron chi connectivity index (χ3n) is 4.72. The van der Waals surface area contributed by atoms with E-state index < -0.39 is 0 Å². The zero-order valence-corrected chi connectivity index (χ0v) is 14.1. The normalized spacial score (nSPS) is 24.0. The van der Waals surface area contributed by atoms with Crippen molar-refractivity contribution in [3.05, 3.63) is 34.9 Å². The highest BCUT2D eigenvalue weighted by atomic mass is 16.5. The molecule has 1 aromatic carbocycles. The molecule has 1 unspecified atom stereocenters. The van der Waals surface area contributed by atoms with Crippen LogP contribution in [0, 0.1) is 19.8 Å². The smallest absolute Gasteiger partial charge is 0.0665 e. The van der Waals surface area contributed by atoms with E-state index in [9.17, 15) is 0 Å². The number of hydrogen-bond donors (Lipinski definition) is 1. The van der Waals surface area contributed by atoms with Crippen molar-refractivity contribution in [3.63, 3.8) is 0 Å². The third-order valence-corrected chi connectivity index (χ3v) is 4.72. The van der Waals surface area contributed by atoms with Gasteiger partial charge in [-0.1, -0.05) is 37.6 Å². The van der Waals surface area contributed by atoms with Crippen molar-refractivity contribution >= 4 is 0 Å². The van der Waals surface area contributed by atoms with Crippen LogP contribution < -0.4 is 5.32 Å². The SMILES string of the molecule is CCNC(COC1CCC(C)CC1)c1cc(C)ccc1C. The van der Waals surface area contributed by atoms with Gasteiger partial charge in [-0.3, -0.25) is 0 Å². The monoisotopic (exact) mass is 289 g/mol. The fourth-order valence-corrected chi connectivity index (χ4v) is 3.27. The summed E-state index contributed by atoms with van der Waals surface area (Å²) < 4.78 is 6.23. The first kappa shape index (κ1) is 16.5. The summed E-state index contributed by atoms with van der Waals surface area (Å²) in [6.07, 6.45) is 5.56. The van der Waals surface area contributed by atoms with Crippen molar-refractivity contribution in [3.8, 4) is 0 Å². The van der Waals surface area contributed by atoms with Gasteiger partial charge in [-0.2, -0.15) is 0 Å². The molecule has 1 aromatic rings. The summed E-state index contributed by atoms with van der Waals surface area (Å²) in [5.74, 6) is 0.883. The minimum Gasteiger partial charge on any atom is -0.376 e. The van der Waals surface area contributed by atoms with E-state index in [1.165, 1.54) is 42.4 Å². The molecule has 2 rings (SSSR count). The Bertz CT molecular complexity index is 435. The second kappa shape index (κ2) is 7.95. The number of hydrogen-bond acceptors (Lipinski definition) is 2. The van der Waals surface area contributed by atoms with Crippen molar-refractivity contribution in [2.75, 3.05) is 13.2 Å². The molecule has 0 heterocycles. The molecule has 0 radical (unpaired) electrons. The highest BCUT2D eigenvalue weighted by molar-refractivity contribution is 5.33. The van der Waals surface area contributed by atoms with Crippen LogP contribution in [0.25, 0.3) is 0 Å². The van der Waals surface area contributed by atoms with Gasteiger partial charge in [0.2, 0.25) is 0 Å². The Balaban J connectivity index is 1.97. The van der Waals surface area contributed by atoms with Gasteiger partial charge in [0.25, 0.3) is 0 Å². The summed E-state index contributed by atoms with van der Waals surface area (Å²) in [4.78, 5) is 0. The van der Waals surface area contributed by atoms with Crippen molar-refractivity contribution in [2.24, 2.45) is 5.92 Å². The molecule has 1 saturated carbocycles. The Kier molecular flexibility index (Phi) is 6.25. The molecule has 0 aliphatic heterocycles. The second-order valence-electron chi connectivity index (χ2n) is 6.69. The van der Waals surface area contributed by atoms with Gasteiger partial charge in [0.15, 0.2) is 0 Å². The first-order valence-electron chi connectivity index (χ1n) is 8.52. The lowest BCUT2D eigenvalue weighted by atomic mass is 9.89. The maximum Gasteiger partial charge on any atom is 0.0665 e. The van der Waals surface area contributed by atoms with Crippen LogP contribution in [-0.2, 0) is 4.74 Å². The van der Waals surface area contributed by atoms with Crippen LogP contribution in [0.2, 0.25) is 0 Å². The molecular weight excluding hydrogens is 258 g/mol. The van der Waals surface area contributed by atoms with Crippen molar-refractivity contribution in [2.45, 2.75) is 65.5 Å². The number of benzene rings is 1. The molecule has 0 aromatic heterocycles. The van der Waals surface area contributed by atoms with Gasteiger partial charge < -0.3 is 10.1 Å². The minimum absolute atomic E-state index is 0.314. The van der Waals surface area contributed by atoms with Crippen LogP contribution in [0.5, 0.6) is 0 Å². The van der Waals surface area contributed by atoms with Gasteiger partial charge in [0, 0.05) is 0 Å². The first-order valence-corrected chi connectivity index (χ1v) is 8.52. The lowest BCUT2D eigenvalue weighted by Gasteiger charge is -2.29. The van der Waals surface area contributed by atoms with Crippen molar-refractivity contribution < 1.29 is 4.74 Å². The molecule has 0 spiro atoms. The Labute approximate surface area is 130 Å². The maximum absolute atomic E-state index is 6.23. The molecule has 0 saturated heterocycles. The molecule has 2 nitrogen and oxygen atoms in total. The van der Waals surface area contributed by atoms with Crippen LogP contribution in [0.4, 0.5) is 0 Å². The third kappa shape index (κ3) is 4.82. The van der Waals surface area contributed by atoms with Crippen LogP contribution in [-0.4, -0.2) is 19.3 Å². The van der Waals surface area contributed by atoms with Gasteiger partial charge in [-0.15, -0.1) is 0 Å². The average molecular weight is 289 g/mol. The van der Waals surface area contributed by atoms with Gasteiger partial charge in [-0.05, 0) is 63.1 Å². The van der Waals surface area contributed by atoms with E-state index in [1.807, 2.05) is 0 Å². The number of ether oxygens (including phenoxy) is 1. The zero-order chi connectivity index (χ0) is 15.2. The van der Waals surface area contributed by atoms with Crippen LogP contribution in [0.15, 0.2) is 18.2 Å². The number of nitrogens with one attached hydrogen (secondary N) is 1. The molecule has 0 bridgehead atoms. The van der Waals surface area contributed by atoms with E-state index >= 15 is 0 Å². The summed E-state index contributed by atoms with van der Waals surface area (Å²) >= 11 is 0. The highest BCUT2D eigenvalue weighted by Crippen LogP contribution is 2.27. The Morgan fingerprint density at radius 1 is 1.19 bits per heavy atom. The van der Waals surface area contributed by atoms with E-state index in [0.717, 1.165) is 19.1 Å². The quantitative estimate of drug-likeness (QED) is 0.829. The summed E-state index contributed by atoms with van der Waals surface area (Å²) in [5, 5.41) is 3.59.